The van der Waals surface area contributed by atoms with E-state index in [4.69, 9.17) is 0 Å². The number of H-pyrrole nitrogens is 1. The van der Waals surface area contributed by atoms with E-state index in [2.05, 4.69) is 25.6 Å². The second kappa shape index (κ2) is 6.46. The van der Waals surface area contributed by atoms with Crippen LogP contribution in [0, 0.1) is 26.6 Å². The minimum Gasteiger partial charge on any atom is -0.343 e. The van der Waals surface area contributed by atoms with Gasteiger partial charge in [0.2, 0.25) is 5.82 Å². The summed E-state index contributed by atoms with van der Waals surface area (Å²) in [5.41, 5.74) is 3.33. The van der Waals surface area contributed by atoms with Crippen LogP contribution >= 0.6 is 0 Å². The van der Waals surface area contributed by atoms with E-state index in [9.17, 15) is 9.18 Å². The number of benzene rings is 1. The Labute approximate surface area is 144 Å². The summed E-state index contributed by atoms with van der Waals surface area (Å²) in [5.74, 6) is -0.108. The third-order valence-electron chi connectivity index (χ3n) is 4.01. The van der Waals surface area contributed by atoms with Crippen molar-refractivity contribution in [2.45, 2.75) is 33.7 Å². The molecule has 130 valence electrons. The fourth-order valence-corrected chi connectivity index (χ4v) is 2.84. The molecule has 1 aromatic carbocycles. The largest absolute Gasteiger partial charge is 0.343 e. The van der Waals surface area contributed by atoms with Crippen LogP contribution < -0.4 is 5.32 Å². The average molecular weight is 342 g/mol. The lowest BCUT2D eigenvalue weighted by Crippen LogP contribution is -2.28. The summed E-state index contributed by atoms with van der Waals surface area (Å²) in [6, 6.07) is 5.61. The van der Waals surface area contributed by atoms with Crippen molar-refractivity contribution < 1.29 is 9.18 Å². The number of carbonyl (C=O) groups excluding carboxylic acids is 1. The Bertz CT molecular complexity index is 892. The van der Waals surface area contributed by atoms with Crippen molar-refractivity contribution in [1.29, 1.82) is 0 Å². The van der Waals surface area contributed by atoms with Gasteiger partial charge in [-0.25, -0.2) is 14.1 Å². The zero-order valence-electron chi connectivity index (χ0n) is 14.5. The van der Waals surface area contributed by atoms with E-state index in [0.29, 0.717) is 11.5 Å². The molecule has 3 rings (SSSR count). The zero-order chi connectivity index (χ0) is 18.1. The summed E-state index contributed by atoms with van der Waals surface area (Å²) < 4.78 is 14.6. The lowest BCUT2D eigenvalue weighted by Gasteiger charge is -2.13. The highest BCUT2D eigenvalue weighted by Crippen LogP contribution is 2.19. The lowest BCUT2D eigenvalue weighted by molar-refractivity contribution is 0.0929. The summed E-state index contributed by atoms with van der Waals surface area (Å²) >= 11 is 0. The van der Waals surface area contributed by atoms with Crippen LogP contribution in [-0.2, 0) is 0 Å². The van der Waals surface area contributed by atoms with Gasteiger partial charge in [0.25, 0.3) is 5.91 Å². The van der Waals surface area contributed by atoms with Crippen molar-refractivity contribution in [3.05, 3.63) is 58.7 Å². The molecule has 0 saturated heterocycles. The number of aromatic amines is 1. The Morgan fingerprint density at radius 1 is 1.24 bits per heavy atom. The molecule has 0 aliphatic rings. The predicted molar refractivity (Wildman–Crippen MR) is 90.0 cm³/mol. The summed E-state index contributed by atoms with van der Waals surface area (Å²) in [5, 5.41) is 14.2. The van der Waals surface area contributed by atoms with Crippen LogP contribution in [-0.4, -0.2) is 30.9 Å². The minimum absolute atomic E-state index is 0.0625. The quantitative estimate of drug-likeness (QED) is 0.763. The maximum Gasteiger partial charge on any atom is 0.291 e. The van der Waals surface area contributed by atoms with Crippen LogP contribution in [0.25, 0.3) is 5.69 Å². The number of hydrogen-bond donors (Lipinski definition) is 2. The maximum atomic E-state index is 13.1. The summed E-state index contributed by atoms with van der Waals surface area (Å²) in [7, 11) is 0. The summed E-state index contributed by atoms with van der Waals surface area (Å²) in [4.78, 5) is 16.7. The molecule has 7 nitrogen and oxygen atoms in total. The summed E-state index contributed by atoms with van der Waals surface area (Å²) in [6.45, 7) is 7.41. The van der Waals surface area contributed by atoms with Gasteiger partial charge in [-0.2, -0.15) is 5.10 Å². The smallest absolute Gasteiger partial charge is 0.291 e. The van der Waals surface area contributed by atoms with Gasteiger partial charge in [0, 0.05) is 11.3 Å². The van der Waals surface area contributed by atoms with Gasteiger partial charge in [-0.05, 0) is 52.0 Å². The first-order chi connectivity index (χ1) is 11.9. The standard InChI is InChI=1S/C17H19FN6O/c1-9(15-10(2)21-22-11(15)3)19-17(25)16-20-12(4)24(23-16)14-7-5-13(18)6-8-14/h5-9H,1-4H3,(H,19,25)(H,21,22). The van der Waals surface area contributed by atoms with Crippen LogP contribution in [0.15, 0.2) is 24.3 Å². The second-order valence-corrected chi connectivity index (χ2v) is 5.91. The molecule has 2 aromatic heterocycles. The Kier molecular flexibility index (Phi) is 4.35. The molecule has 0 saturated carbocycles. The molecule has 3 aromatic rings. The highest BCUT2D eigenvalue weighted by atomic mass is 19.1. The molecule has 0 fully saturated rings. The predicted octanol–water partition coefficient (Wildman–Crippen LogP) is 2.55. The highest BCUT2D eigenvalue weighted by Gasteiger charge is 2.20. The SMILES string of the molecule is Cc1n[nH]c(C)c1C(C)NC(=O)c1nc(C)n(-c2ccc(F)cc2)n1. The molecule has 0 aliphatic carbocycles. The molecule has 1 atom stereocenters. The van der Waals surface area contributed by atoms with Crippen molar-refractivity contribution in [3.8, 4) is 5.69 Å². The molecular formula is C17H19FN6O. The Morgan fingerprint density at radius 2 is 1.92 bits per heavy atom. The number of carbonyl (C=O) groups is 1. The third kappa shape index (κ3) is 3.28. The molecule has 0 aliphatic heterocycles. The molecule has 0 spiro atoms. The highest BCUT2D eigenvalue weighted by molar-refractivity contribution is 5.90. The zero-order valence-corrected chi connectivity index (χ0v) is 14.5. The van der Waals surface area contributed by atoms with Gasteiger partial charge in [-0.1, -0.05) is 0 Å². The van der Waals surface area contributed by atoms with E-state index >= 15 is 0 Å². The molecule has 0 bridgehead atoms. The number of halogens is 1. The molecule has 0 radical (unpaired) electrons. The lowest BCUT2D eigenvalue weighted by atomic mass is 10.1. The van der Waals surface area contributed by atoms with Crippen LogP contribution in [0.4, 0.5) is 4.39 Å². The van der Waals surface area contributed by atoms with Gasteiger partial charge in [0.1, 0.15) is 11.6 Å². The maximum absolute atomic E-state index is 13.1. The summed E-state index contributed by atoms with van der Waals surface area (Å²) in [6.07, 6.45) is 0. The third-order valence-corrected chi connectivity index (χ3v) is 4.01. The van der Waals surface area contributed by atoms with Gasteiger partial charge >= 0.3 is 0 Å². The van der Waals surface area contributed by atoms with Crippen molar-refractivity contribution in [2.24, 2.45) is 0 Å². The number of hydrogen-bond acceptors (Lipinski definition) is 4. The van der Waals surface area contributed by atoms with Crippen LogP contribution in [0.5, 0.6) is 0 Å². The Morgan fingerprint density at radius 3 is 2.52 bits per heavy atom. The number of nitrogens with one attached hydrogen (secondary N) is 2. The number of aryl methyl sites for hydroxylation is 3. The van der Waals surface area contributed by atoms with Gasteiger partial charge in [-0.15, -0.1) is 5.10 Å². The van der Waals surface area contributed by atoms with E-state index in [-0.39, 0.29) is 23.6 Å². The molecule has 25 heavy (non-hydrogen) atoms. The van der Waals surface area contributed by atoms with E-state index in [0.717, 1.165) is 17.0 Å². The Hall–Kier alpha value is -3.03. The first-order valence-corrected chi connectivity index (χ1v) is 7.88. The van der Waals surface area contributed by atoms with E-state index in [1.165, 1.54) is 16.8 Å². The van der Waals surface area contributed by atoms with Crippen molar-refractivity contribution in [2.75, 3.05) is 0 Å². The van der Waals surface area contributed by atoms with Crippen molar-refractivity contribution in [1.82, 2.24) is 30.3 Å². The minimum atomic E-state index is -0.378. The van der Waals surface area contributed by atoms with Crippen molar-refractivity contribution in [3.63, 3.8) is 0 Å². The first-order valence-electron chi connectivity index (χ1n) is 7.88. The number of aromatic nitrogens is 5. The van der Waals surface area contributed by atoms with Crippen LogP contribution in [0.3, 0.4) is 0 Å². The molecule has 2 N–H and O–H groups in total. The van der Waals surface area contributed by atoms with Crippen molar-refractivity contribution >= 4 is 5.91 Å². The average Bonchev–Trinajstić information content (AvgIpc) is 3.11. The van der Waals surface area contributed by atoms with E-state index in [1.807, 2.05) is 20.8 Å². The molecule has 8 heteroatoms. The Balaban J connectivity index is 1.81. The van der Waals surface area contributed by atoms with Gasteiger partial charge in [0.15, 0.2) is 0 Å². The number of nitrogens with zero attached hydrogens (tertiary/aromatic N) is 4. The second-order valence-electron chi connectivity index (χ2n) is 5.91. The molecule has 2 heterocycles. The van der Waals surface area contributed by atoms with Gasteiger partial charge in [0.05, 0.1) is 17.4 Å². The normalized spacial score (nSPS) is 12.2. The number of rotatable bonds is 4. The van der Waals surface area contributed by atoms with E-state index < -0.39 is 0 Å². The van der Waals surface area contributed by atoms with Gasteiger partial charge in [-0.3, -0.25) is 9.89 Å². The topological polar surface area (TPSA) is 88.5 Å². The van der Waals surface area contributed by atoms with Gasteiger partial charge < -0.3 is 5.32 Å². The first kappa shape index (κ1) is 16.8. The molecule has 1 unspecified atom stereocenters. The molecular weight excluding hydrogens is 323 g/mol. The fraction of sp³-hybridized carbons (Fsp3) is 0.294. The molecule has 1 amide bonds. The van der Waals surface area contributed by atoms with Crippen LogP contribution in [0.2, 0.25) is 0 Å². The monoisotopic (exact) mass is 342 g/mol. The van der Waals surface area contributed by atoms with E-state index in [1.54, 1.807) is 19.1 Å². The fourth-order valence-electron chi connectivity index (χ4n) is 2.84. The van der Waals surface area contributed by atoms with Crippen LogP contribution in [0.1, 0.15) is 46.4 Å². The number of amides is 1.